The first kappa shape index (κ1) is 15.4. The molecule has 3 rings (SSSR count). The number of carbonyl (C=O) groups is 2. The number of aromatic carboxylic acids is 1. The normalized spacial score (nSPS) is 10.5. The van der Waals surface area contributed by atoms with E-state index >= 15 is 0 Å². The molecule has 0 aliphatic rings. The maximum Gasteiger partial charge on any atom is 0.337 e. The highest BCUT2D eigenvalue weighted by molar-refractivity contribution is 6.09. The fourth-order valence-corrected chi connectivity index (χ4v) is 2.39. The van der Waals surface area contributed by atoms with E-state index < -0.39 is 11.9 Å². The Balaban J connectivity index is 1.95. The second-order valence-corrected chi connectivity index (χ2v) is 5.21. The van der Waals surface area contributed by atoms with Crippen LogP contribution in [0.4, 0.5) is 5.69 Å². The number of hydrogen-bond donors (Lipinski definition) is 4. The number of hydrogen-bond acceptors (Lipinski definition) is 4. The Morgan fingerprint density at radius 3 is 2.21 bits per heavy atom. The second kappa shape index (κ2) is 5.92. The zero-order valence-corrected chi connectivity index (χ0v) is 12.4. The number of carboxylic acids is 1. The van der Waals surface area contributed by atoms with E-state index in [0.29, 0.717) is 16.3 Å². The highest BCUT2D eigenvalue weighted by atomic mass is 16.4. The van der Waals surface area contributed by atoms with Gasteiger partial charge in [-0.05, 0) is 47.2 Å². The van der Waals surface area contributed by atoms with E-state index in [2.05, 4.69) is 5.32 Å². The Labute approximate surface area is 136 Å². The Bertz CT molecular complexity index is 965. The summed E-state index contributed by atoms with van der Waals surface area (Å²) < 4.78 is 0. The minimum atomic E-state index is -1.13. The first-order valence-corrected chi connectivity index (χ1v) is 7.05. The lowest BCUT2D eigenvalue weighted by Crippen LogP contribution is -2.14. The molecule has 0 aliphatic carbocycles. The van der Waals surface area contributed by atoms with Gasteiger partial charge in [-0.3, -0.25) is 4.79 Å². The maximum absolute atomic E-state index is 12.4. The molecule has 0 radical (unpaired) electrons. The number of phenols is 2. The number of anilines is 1. The molecule has 4 N–H and O–H groups in total. The number of fused-ring (bicyclic) bond motifs is 1. The van der Waals surface area contributed by atoms with Crippen LogP contribution in [0, 0.1) is 0 Å². The van der Waals surface area contributed by atoms with Gasteiger partial charge in [0.05, 0.1) is 11.3 Å². The summed E-state index contributed by atoms with van der Waals surface area (Å²) in [7, 11) is 0. The lowest BCUT2D eigenvalue weighted by atomic mass is 10.1. The summed E-state index contributed by atoms with van der Waals surface area (Å²) in [4.78, 5) is 23.5. The van der Waals surface area contributed by atoms with Crippen LogP contribution in [0.5, 0.6) is 11.5 Å². The molecule has 1 amide bonds. The van der Waals surface area contributed by atoms with Crippen molar-refractivity contribution in [1.29, 1.82) is 0 Å². The van der Waals surface area contributed by atoms with E-state index in [9.17, 15) is 19.8 Å². The Morgan fingerprint density at radius 2 is 1.50 bits per heavy atom. The lowest BCUT2D eigenvalue weighted by Gasteiger charge is -2.09. The number of amides is 1. The van der Waals surface area contributed by atoms with Gasteiger partial charge in [0.15, 0.2) is 11.5 Å². The third kappa shape index (κ3) is 2.85. The highest BCUT2D eigenvalue weighted by Gasteiger charge is 2.13. The van der Waals surface area contributed by atoms with Crippen LogP contribution >= 0.6 is 0 Å². The Kier molecular flexibility index (Phi) is 3.79. The lowest BCUT2D eigenvalue weighted by molar-refractivity contribution is 0.0698. The number of phenolic OH excluding ortho intramolecular Hbond substituents is 2. The topological polar surface area (TPSA) is 107 Å². The van der Waals surface area contributed by atoms with Crippen LogP contribution in [-0.2, 0) is 0 Å². The molecule has 0 bridgehead atoms. The van der Waals surface area contributed by atoms with Gasteiger partial charge in [-0.15, -0.1) is 0 Å². The molecule has 6 nitrogen and oxygen atoms in total. The number of nitrogens with one attached hydrogen (secondary N) is 1. The molecular weight excluding hydrogens is 310 g/mol. The van der Waals surface area contributed by atoms with Crippen molar-refractivity contribution < 1.29 is 24.9 Å². The molecule has 0 spiro atoms. The van der Waals surface area contributed by atoms with Crippen molar-refractivity contribution in [2.75, 3.05) is 5.32 Å². The van der Waals surface area contributed by atoms with Gasteiger partial charge < -0.3 is 20.6 Å². The molecule has 0 fully saturated rings. The van der Waals surface area contributed by atoms with Crippen LogP contribution in [0.15, 0.2) is 54.6 Å². The predicted molar refractivity (Wildman–Crippen MR) is 88.6 cm³/mol. The Morgan fingerprint density at radius 1 is 0.833 bits per heavy atom. The summed E-state index contributed by atoms with van der Waals surface area (Å²) in [5.74, 6) is -2.13. The summed E-state index contributed by atoms with van der Waals surface area (Å²) in [6.45, 7) is 0. The molecule has 0 unspecified atom stereocenters. The molecule has 0 atom stereocenters. The van der Waals surface area contributed by atoms with Gasteiger partial charge in [-0.25, -0.2) is 4.79 Å². The first-order valence-electron chi connectivity index (χ1n) is 7.05. The third-order valence-corrected chi connectivity index (χ3v) is 3.60. The minimum absolute atomic E-state index is 0.00536. The smallest absolute Gasteiger partial charge is 0.337 e. The minimum Gasteiger partial charge on any atom is -0.504 e. The summed E-state index contributed by atoms with van der Waals surface area (Å²) in [5, 5.41) is 32.0. The van der Waals surface area contributed by atoms with Crippen molar-refractivity contribution in [3.63, 3.8) is 0 Å². The number of rotatable bonds is 3. The molecule has 0 saturated carbocycles. The summed E-state index contributed by atoms with van der Waals surface area (Å²) in [5.41, 5.74) is 0.491. The van der Waals surface area contributed by atoms with Gasteiger partial charge in [-0.1, -0.05) is 18.2 Å². The molecule has 120 valence electrons. The summed E-state index contributed by atoms with van der Waals surface area (Å²) in [6, 6.07) is 13.6. The van der Waals surface area contributed by atoms with E-state index in [0.717, 1.165) is 0 Å². The third-order valence-electron chi connectivity index (χ3n) is 3.60. The van der Waals surface area contributed by atoms with Crippen molar-refractivity contribution in [3.05, 3.63) is 65.7 Å². The second-order valence-electron chi connectivity index (χ2n) is 5.21. The standard InChI is InChI=1S/C18H13NO5/c20-15-8-10-5-6-11(7-12(10)9-16(15)21)17(22)19-14-4-2-1-3-13(14)18(23)24/h1-9,20-21H,(H,19,22)(H,23,24). The van der Waals surface area contributed by atoms with Gasteiger partial charge >= 0.3 is 5.97 Å². The van der Waals surface area contributed by atoms with Crippen molar-refractivity contribution in [2.45, 2.75) is 0 Å². The van der Waals surface area contributed by atoms with Crippen molar-refractivity contribution in [3.8, 4) is 11.5 Å². The summed E-state index contributed by atoms with van der Waals surface area (Å²) >= 11 is 0. The Hall–Kier alpha value is -3.54. The predicted octanol–water partition coefficient (Wildman–Crippen LogP) is 3.20. The first-order chi connectivity index (χ1) is 11.5. The molecule has 0 saturated heterocycles. The van der Waals surface area contributed by atoms with Gasteiger partial charge in [0, 0.05) is 5.56 Å². The number of para-hydroxylation sites is 1. The monoisotopic (exact) mass is 323 g/mol. The average molecular weight is 323 g/mol. The van der Waals surface area contributed by atoms with E-state index in [1.165, 1.54) is 24.3 Å². The molecule has 24 heavy (non-hydrogen) atoms. The average Bonchev–Trinajstić information content (AvgIpc) is 2.55. The van der Waals surface area contributed by atoms with Crippen LogP contribution in [0.3, 0.4) is 0 Å². The molecular formula is C18H13NO5. The molecule has 0 aliphatic heterocycles. The van der Waals surface area contributed by atoms with Crippen molar-refractivity contribution in [1.82, 2.24) is 0 Å². The van der Waals surface area contributed by atoms with Crippen LogP contribution < -0.4 is 5.32 Å². The molecule has 0 aromatic heterocycles. The van der Waals surface area contributed by atoms with Gasteiger partial charge in [0.1, 0.15) is 0 Å². The molecule has 0 heterocycles. The maximum atomic E-state index is 12.4. The number of aromatic hydroxyl groups is 2. The number of benzene rings is 3. The largest absolute Gasteiger partial charge is 0.504 e. The zero-order valence-electron chi connectivity index (χ0n) is 12.4. The fourth-order valence-electron chi connectivity index (χ4n) is 2.39. The molecule has 3 aromatic rings. The number of carboxylic acid groups (broad SMARTS) is 1. The van der Waals surface area contributed by atoms with Crippen LogP contribution in [0.1, 0.15) is 20.7 Å². The zero-order chi connectivity index (χ0) is 17.3. The van der Waals surface area contributed by atoms with Crippen LogP contribution in [0.25, 0.3) is 10.8 Å². The van der Waals surface area contributed by atoms with E-state index in [-0.39, 0.29) is 22.7 Å². The van der Waals surface area contributed by atoms with Gasteiger partial charge in [0.2, 0.25) is 0 Å². The van der Waals surface area contributed by atoms with E-state index in [4.69, 9.17) is 5.11 Å². The number of carbonyl (C=O) groups excluding carboxylic acids is 1. The molecule has 6 heteroatoms. The van der Waals surface area contributed by atoms with E-state index in [1.807, 2.05) is 0 Å². The quantitative estimate of drug-likeness (QED) is 0.554. The fraction of sp³-hybridized carbons (Fsp3) is 0. The van der Waals surface area contributed by atoms with E-state index in [1.54, 1.807) is 30.3 Å². The van der Waals surface area contributed by atoms with Crippen molar-refractivity contribution >= 4 is 28.3 Å². The SMILES string of the molecule is O=C(Nc1ccccc1C(=O)O)c1ccc2cc(O)c(O)cc2c1. The van der Waals surface area contributed by atoms with Gasteiger partial charge in [-0.2, -0.15) is 0 Å². The van der Waals surface area contributed by atoms with Gasteiger partial charge in [0.25, 0.3) is 5.91 Å². The van der Waals surface area contributed by atoms with Crippen LogP contribution in [0.2, 0.25) is 0 Å². The van der Waals surface area contributed by atoms with Crippen molar-refractivity contribution in [2.24, 2.45) is 0 Å². The molecule has 3 aromatic carbocycles. The highest BCUT2D eigenvalue weighted by Crippen LogP contribution is 2.30. The summed E-state index contributed by atoms with van der Waals surface area (Å²) in [6.07, 6.45) is 0. The van der Waals surface area contributed by atoms with Crippen LogP contribution in [-0.4, -0.2) is 27.2 Å².